The molecule has 2 aromatic carbocycles. The van der Waals surface area contributed by atoms with Gasteiger partial charge < -0.3 is 9.88 Å². The predicted molar refractivity (Wildman–Crippen MR) is 114 cm³/mol. The number of para-hydroxylation sites is 1. The summed E-state index contributed by atoms with van der Waals surface area (Å²) in [7, 11) is 0. The fraction of sp³-hybridized carbons (Fsp3) is 0.238. The van der Waals surface area contributed by atoms with Crippen LogP contribution in [0.3, 0.4) is 0 Å². The summed E-state index contributed by atoms with van der Waals surface area (Å²) < 4.78 is 2.32. The Bertz CT molecular complexity index is 1020. The summed E-state index contributed by atoms with van der Waals surface area (Å²) in [4.78, 5) is 20.4. The molecule has 1 amide bonds. The van der Waals surface area contributed by atoms with Gasteiger partial charge in [-0.2, -0.15) is 0 Å². The first-order valence-corrected chi connectivity index (χ1v) is 10.0. The molecule has 2 heterocycles. The van der Waals surface area contributed by atoms with E-state index in [1.54, 1.807) is 10.8 Å². The number of piperazine rings is 1. The zero-order valence-electron chi connectivity index (χ0n) is 15.3. The summed E-state index contributed by atoms with van der Waals surface area (Å²) in [5.41, 5.74) is 2.65. The number of halogens is 1. The van der Waals surface area contributed by atoms with Crippen LogP contribution in [0.15, 0.2) is 60.8 Å². The number of hydrogen-bond donors (Lipinski definition) is 1. The Hall–Kier alpha value is -2.41. The van der Waals surface area contributed by atoms with E-state index in [9.17, 15) is 4.79 Å². The Labute approximate surface area is 174 Å². The van der Waals surface area contributed by atoms with E-state index >= 15 is 0 Å². The maximum absolute atomic E-state index is 13.1. The van der Waals surface area contributed by atoms with Crippen LogP contribution in [-0.4, -0.2) is 51.4 Å². The zero-order chi connectivity index (χ0) is 19.5. The molecule has 1 N–H and O–H groups in total. The van der Waals surface area contributed by atoms with Crippen LogP contribution in [0.4, 0.5) is 0 Å². The van der Waals surface area contributed by atoms with Crippen molar-refractivity contribution >= 4 is 29.7 Å². The minimum absolute atomic E-state index is 0.00129. The van der Waals surface area contributed by atoms with Crippen LogP contribution in [0, 0.1) is 4.77 Å². The van der Waals surface area contributed by atoms with Crippen LogP contribution in [0.25, 0.3) is 5.69 Å². The van der Waals surface area contributed by atoms with Gasteiger partial charge in [-0.05, 0) is 42.0 Å². The number of nitrogens with one attached hydrogen (secondary N) is 1. The van der Waals surface area contributed by atoms with Gasteiger partial charge in [0.05, 0.1) is 0 Å². The van der Waals surface area contributed by atoms with Crippen LogP contribution >= 0.6 is 23.8 Å². The van der Waals surface area contributed by atoms with Crippen LogP contribution in [0.2, 0.25) is 5.02 Å². The number of aromatic amines is 1. The Balaban J connectivity index is 1.44. The lowest BCUT2D eigenvalue weighted by molar-refractivity contribution is 0.0620. The molecule has 0 radical (unpaired) electrons. The van der Waals surface area contributed by atoms with Crippen LogP contribution < -0.4 is 0 Å². The maximum Gasteiger partial charge on any atom is 0.272 e. The number of nitrogens with zero attached hydrogens (tertiary/aromatic N) is 3. The zero-order valence-corrected chi connectivity index (χ0v) is 16.9. The molecular formula is C21H21ClN4OS. The first-order chi connectivity index (χ1) is 13.6. The molecule has 3 aromatic rings. The molecule has 28 heavy (non-hydrogen) atoms. The number of amides is 1. The highest BCUT2D eigenvalue weighted by Crippen LogP contribution is 2.17. The van der Waals surface area contributed by atoms with Crippen LogP contribution in [0.1, 0.15) is 16.1 Å². The van der Waals surface area contributed by atoms with Gasteiger partial charge in [-0.1, -0.05) is 41.9 Å². The normalized spacial score (nSPS) is 15.0. The number of hydrogen-bond acceptors (Lipinski definition) is 3. The van der Waals surface area contributed by atoms with Crippen LogP contribution in [0.5, 0.6) is 0 Å². The Kier molecular flexibility index (Phi) is 5.62. The van der Waals surface area contributed by atoms with Gasteiger partial charge in [-0.3, -0.25) is 14.3 Å². The van der Waals surface area contributed by atoms with Gasteiger partial charge in [0, 0.05) is 49.6 Å². The third-order valence-electron chi connectivity index (χ3n) is 4.96. The van der Waals surface area contributed by atoms with Crippen molar-refractivity contribution in [2.75, 3.05) is 26.2 Å². The lowest BCUT2D eigenvalue weighted by Gasteiger charge is -2.34. The van der Waals surface area contributed by atoms with Crippen molar-refractivity contribution in [3.63, 3.8) is 0 Å². The molecule has 7 heteroatoms. The van der Waals surface area contributed by atoms with Gasteiger partial charge in [0.25, 0.3) is 5.91 Å². The molecule has 4 rings (SSSR count). The molecule has 0 saturated carbocycles. The van der Waals surface area contributed by atoms with Crippen molar-refractivity contribution < 1.29 is 4.79 Å². The highest BCUT2D eigenvalue weighted by Gasteiger charge is 2.25. The van der Waals surface area contributed by atoms with Crippen molar-refractivity contribution in [1.29, 1.82) is 0 Å². The standard InChI is InChI=1S/C21H21ClN4OS/c22-17-6-4-5-16(13-17)15-24-9-11-25(12-10-24)20(27)19-14-23-21(28)26(19)18-7-2-1-3-8-18/h1-8,13-14H,9-12,15H2,(H,23,28). The molecule has 5 nitrogen and oxygen atoms in total. The molecule has 0 unspecified atom stereocenters. The monoisotopic (exact) mass is 412 g/mol. The third-order valence-corrected chi connectivity index (χ3v) is 5.50. The fourth-order valence-electron chi connectivity index (χ4n) is 3.52. The molecule has 1 fully saturated rings. The fourth-order valence-corrected chi connectivity index (χ4v) is 4.00. The number of imidazole rings is 1. The van der Waals surface area contributed by atoms with E-state index in [1.807, 2.05) is 53.4 Å². The summed E-state index contributed by atoms with van der Waals surface area (Å²) in [6.45, 7) is 3.87. The van der Waals surface area contributed by atoms with E-state index in [4.69, 9.17) is 23.8 Å². The van der Waals surface area contributed by atoms with Crippen molar-refractivity contribution in [3.8, 4) is 5.69 Å². The average Bonchev–Trinajstić information content (AvgIpc) is 3.10. The molecule has 0 bridgehead atoms. The molecule has 0 aliphatic carbocycles. The predicted octanol–water partition coefficient (Wildman–Crippen LogP) is 4.15. The number of benzene rings is 2. The van der Waals surface area contributed by atoms with Gasteiger partial charge >= 0.3 is 0 Å². The molecule has 1 saturated heterocycles. The minimum Gasteiger partial charge on any atom is -0.336 e. The van der Waals surface area contributed by atoms with E-state index in [0.717, 1.165) is 30.3 Å². The summed E-state index contributed by atoms with van der Waals surface area (Å²) >= 11 is 11.5. The summed E-state index contributed by atoms with van der Waals surface area (Å²) in [6.07, 6.45) is 1.70. The second kappa shape index (κ2) is 8.31. The van der Waals surface area contributed by atoms with E-state index in [1.165, 1.54) is 5.56 Å². The summed E-state index contributed by atoms with van der Waals surface area (Å²) in [6, 6.07) is 17.6. The number of aromatic nitrogens is 2. The largest absolute Gasteiger partial charge is 0.336 e. The minimum atomic E-state index is -0.00129. The third kappa shape index (κ3) is 4.04. The van der Waals surface area contributed by atoms with E-state index in [0.29, 0.717) is 23.6 Å². The van der Waals surface area contributed by atoms with Gasteiger partial charge in [-0.25, -0.2) is 0 Å². The quantitative estimate of drug-likeness (QED) is 0.655. The van der Waals surface area contributed by atoms with Gasteiger partial charge in [-0.15, -0.1) is 0 Å². The molecule has 0 atom stereocenters. The number of rotatable bonds is 4. The Morgan fingerprint density at radius 3 is 2.50 bits per heavy atom. The molecule has 1 aliphatic heterocycles. The van der Waals surface area contributed by atoms with Gasteiger partial charge in [0.2, 0.25) is 0 Å². The van der Waals surface area contributed by atoms with Gasteiger partial charge in [0.15, 0.2) is 4.77 Å². The topological polar surface area (TPSA) is 44.3 Å². The van der Waals surface area contributed by atoms with Crippen LogP contribution in [-0.2, 0) is 6.54 Å². The van der Waals surface area contributed by atoms with Crippen molar-refractivity contribution in [2.45, 2.75) is 6.54 Å². The lowest BCUT2D eigenvalue weighted by atomic mass is 10.2. The van der Waals surface area contributed by atoms with Gasteiger partial charge in [0.1, 0.15) is 5.69 Å². The average molecular weight is 413 g/mol. The number of carbonyl (C=O) groups is 1. The van der Waals surface area contributed by atoms with E-state index < -0.39 is 0 Å². The number of carbonyl (C=O) groups excluding carboxylic acids is 1. The molecular weight excluding hydrogens is 392 g/mol. The molecule has 0 spiro atoms. The smallest absolute Gasteiger partial charge is 0.272 e. The lowest BCUT2D eigenvalue weighted by Crippen LogP contribution is -2.48. The van der Waals surface area contributed by atoms with Crippen molar-refractivity contribution in [2.24, 2.45) is 0 Å². The first-order valence-electron chi connectivity index (χ1n) is 9.24. The first kappa shape index (κ1) is 18.9. The Morgan fingerprint density at radius 1 is 1.04 bits per heavy atom. The Morgan fingerprint density at radius 2 is 1.79 bits per heavy atom. The summed E-state index contributed by atoms with van der Waals surface area (Å²) in [5, 5.41) is 0.754. The second-order valence-electron chi connectivity index (χ2n) is 6.85. The maximum atomic E-state index is 13.1. The highest BCUT2D eigenvalue weighted by atomic mass is 35.5. The van der Waals surface area contributed by atoms with E-state index in [-0.39, 0.29) is 5.91 Å². The van der Waals surface area contributed by atoms with E-state index in [2.05, 4.69) is 16.0 Å². The SMILES string of the molecule is O=C(c1c[nH]c(=S)n1-c1ccccc1)N1CCN(Cc2cccc(Cl)c2)CC1. The number of H-pyrrole nitrogens is 1. The summed E-state index contributed by atoms with van der Waals surface area (Å²) in [5.74, 6) is -0.00129. The highest BCUT2D eigenvalue weighted by molar-refractivity contribution is 7.71. The van der Waals surface area contributed by atoms with Crippen molar-refractivity contribution in [1.82, 2.24) is 19.4 Å². The van der Waals surface area contributed by atoms with Crippen molar-refractivity contribution in [3.05, 3.63) is 81.8 Å². The molecule has 1 aliphatic rings. The molecule has 144 valence electrons. The molecule has 1 aromatic heterocycles. The second-order valence-corrected chi connectivity index (χ2v) is 7.67.